The Bertz CT molecular complexity index is 498. The Morgan fingerprint density at radius 1 is 1.05 bits per heavy atom. The van der Waals surface area contributed by atoms with E-state index in [-0.39, 0.29) is 0 Å². The molecule has 0 radical (unpaired) electrons. The first-order valence-corrected chi connectivity index (χ1v) is 7.04. The Morgan fingerprint density at radius 2 is 1.57 bits per heavy atom. The number of rotatable bonds is 6. The average molecular weight is 290 g/mol. The van der Waals surface area contributed by atoms with E-state index in [9.17, 15) is 9.59 Å². The van der Waals surface area contributed by atoms with E-state index in [1.807, 2.05) is 18.2 Å². The smallest absolute Gasteiger partial charge is 0.305 e. The predicted molar refractivity (Wildman–Crippen MR) is 81.4 cm³/mol. The Morgan fingerprint density at radius 3 is 2.00 bits per heavy atom. The van der Waals surface area contributed by atoms with Gasteiger partial charge in [0, 0.05) is 19.4 Å². The highest BCUT2D eigenvalue weighted by molar-refractivity contribution is 5.69. The van der Waals surface area contributed by atoms with Gasteiger partial charge in [0.15, 0.2) is 0 Å². The summed E-state index contributed by atoms with van der Waals surface area (Å²) in [5.41, 5.74) is 2.91. The molecule has 4 nitrogen and oxygen atoms in total. The van der Waals surface area contributed by atoms with Gasteiger partial charge in [-0.05, 0) is 30.5 Å². The summed E-state index contributed by atoms with van der Waals surface area (Å²) in [5, 5.41) is 0. The molecule has 1 aromatic rings. The van der Waals surface area contributed by atoms with Crippen LogP contribution in [0.5, 0.6) is 0 Å². The Hall–Kier alpha value is -2.10. The van der Waals surface area contributed by atoms with Crippen molar-refractivity contribution < 1.29 is 19.1 Å². The zero-order chi connectivity index (χ0) is 15.8. The van der Waals surface area contributed by atoms with Crippen molar-refractivity contribution in [3.05, 3.63) is 41.0 Å². The van der Waals surface area contributed by atoms with Crippen molar-refractivity contribution in [2.45, 2.75) is 46.8 Å². The molecule has 0 aliphatic rings. The Labute approximate surface area is 125 Å². The van der Waals surface area contributed by atoms with Gasteiger partial charge in [-0.15, -0.1) is 0 Å². The maximum Gasteiger partial charge on any atom is 0.305 e. The SMILES string of the molecule is CCCc1ccc(/C=C(\C)C(OC(C)=O)OC(C)=O)cc1. The number of aryl methyl sites for hydroxylation is 1. The van der Waals surface area contributed by atoms with Gasteiger partial charge in [0.1, 0.15) is 0 Å². The molecule has 0 amide bonds. The number of hydrogen-bond donors (Lipinski definition) is 0. The van der Waals surface area contributed by atoms with Crippen molar-refractivity contribution in [1.82, 2.24) is 0 Å². The van der Waals surface area contributed by atoms with Crippen LogP contribution in [0.15, 0.2) is 29.8 Å². The second kappa shape index (κ2) is 8.25. The molecule has 0 N–H and O–H groups in total. The van der Waals surface area contributed by atoms with Crippen molar-refractivity contribution >= 4 is 18.0 Å². The van der Waals surface area contributed by atoms with Gasteiger partial charge in [0.05, 0.1) is 0 Å². The zero-order valence-electron chi connectivity index (χ0n) is 13.0. The summed E-state index contributed by atoms with van der Waals surface area (Å²) in [4.78, 5) is 22.1. The fourth-order valence-corrected chi connectivity index (χ4v) is 1.91. The predicted octanol–water partition coefficient (Wildman–Crippen LogP) is 3.49. The molecule has 1 aromatic carbocycles. The minimum Gasteiger partial charge on any atom is -0.421 e. The van der Waals surface area contributed by atoms with Crippen LogP contribution in [0.3, 0.4) is 0 Å². The first-order chi connectivity index (χ1) is 9.92. The second-order valence-corrected chi connectivity index (χ2v) is 4.93. The number of hydrogen-bond acceptors (Lipinski definition) is 4. The van der Waals surface area contributed by atoms with E-state index in [4.69, 9.17) is 9.47 Å². The van der Waals surface area contributed by atoms with Gasteiger partial charge in [-0.1, -0.05) is 37.6 Å². The number of carbonyl (C=O) groups excluding carboxylic acids is 2. The highest BCUT2D eigenvalue weighted by atomic mass is 16.7. The van der Waals surface area contributed by atoms with E-state index < -0.39 is 18.2 Å². The van der Waals surface area contributed by atoms with Gasteiger partial charge in [0.25, 0.3) is 6.29 Å². The molecular weight excluding hydrogens is 268 g/mol. The van der Waals surface area contributed by atoms with Crippen molar-refractivity contribution in [2.24, 2.45) is 0 Å². The largest absolute Gasteiger partial charge is 0.421 e. The fraction of sp³-hybridized carbons (Fsp3) is 0.412. The number of carbonyl (C=O) groups is 2. The minimum atomic E-state index is -0.977. The van der Waals surface area contributed by atoms with Crippen LogP contribution >= 0.6 is 0 Å². The molecule has 1 rings (SSSR count). The topological polar surface area (TPSA) is 52.6 Å². The lowest BCUT2D eigenvalue weighted by Gasteiger charge is -2.17. The summed E-state index contributed by atoms with van der Waals surface area (Å²) in [6, 6.07) is 8.12. The van der Waals surface area contributed by atoms with Crippen LogP contribution < -0.4 is 0 Å². The zero-order valence-corrected chi connectivity index (χ0v) is 13.0. The van der Waals surface area contributed by atoms with Crippen molar-refractivity contribution in [3.8, 4) is 0 Å². The van der Waals surface area contributed by atoms with Gasteiger partial charge >= 0.3 is 11.9 Å². The van der Waals surface area contributed by atoms with E-state index in [2.05, 4.69) is 19.1 Å². The summed E-state index contributed by atoms with van der Waals surface area (Å²) in [7, 11) is 0. The normalized spacial score (nSPS) is 11.4. The Balaban J connectivity index is 2.87. The van der Waals surface area contributed by atoms with Crippen LogP contribution in [0, 0.1) is 0 Å². The molecule has 0 spiro atoms. The number of ether oxygens (including phenoxy) is 2. The molecular formula is C17H22O4. The molecule has 0 unspecified atom stereocenters. The monoisotopic (exact) mass is 290 g/mol. The molecule has 0 aromatic heterocycles. The van der Waals surface area contributed by atoms with E-state index in [1.54, 1.807) is 6.92 Å². The maximum atomic E-state index is 11.1. The molecule has 21 heavy (non-hydrogen) atoms. The van der Waals surface area contributed by atoms with Crippen molar-refractivity contribution in [3.63, 3.8) is 0 Å². The summed E-state index contributed by atoms with van der Waals surface area (Å²) < 4.78 is 10.0. The van der Waals surface area contributed by atoms with Crippen LogP contribution in [0.2, 0.25) is 0 Å². The standard InChI is InChI=1S/C17H22O4/c1-5-6-15-7-9-16(10-8-15)11-12(2)17(20-13(3)18)21-14(4)19/h7-11,17H,5-6H2,1-4H3/b12-11+. The summed E-state index contributed by atoms with van der Waals surface area (Å²) in [6.45, 7) is 6.46. The molecule has 0 saturated carbocycles. The van der Waals surface area contributed by atoms with Crippen LogP contribution in [0.4, 0.5) is 0 Å². The molecule has 0 bridgehead atoms. The first-order valence-electron chi connectivity index (χ1n) is 7.04. The molecule has 0 aliphatic heterocycles. The first kappa shape index (κ1) is 17.0. The molecule has 0 atom stereocenters. The van der Waals surface area contributed by atoms with E-state index in [1.165, 1.54) is 19.4 Å². The highest BCUT2D eigenvalue weighted by Gasteiger charge is 2.17. The maximum absolute atomic E-state index is 11.1. The lowest BCUT2D eigenvalue weighted by Crippen LogP contribution is -2.23. The molecule has 0 fully saturated rings. The third-order valence-electron chi connectivity index (χ3n) is 2.83. The molecule has 114 valence electrons. The molecule has 0 heterocycles. The van der Waals surface area contributed by atoms with E-state index in [0.29, 0.717) is 5.57 Å². The summed E-state index contributed by atoms with van der Waals surface area (Å²) in [6.07, 6.45) is 3.02. The van der Waals surface area contributed by atoms with E-state index >= 15 is 0 Å². The molecule has 0 saturated heterocycles. The summed E-state index contributed by atoms with van der Waals surface area (Å²) in [5.74, 6) is -0.986. The van der Waals surface area contributed by atoms with Crippen LogP contribution in [-0.4, -0.2) is 18.2 Å². The number of esters is 2. The van der Waals surface area contributed by atoms with Crippen molar-refractivity contribution in [2.75, 3.05) is 0 Å². The van der Waals surface area contributed by atoms with E-state index in [0.717, 1.165) is 18.4 Å². The Kier molecular flexibility index (Phi) is 6.66. The van der Waals surface area contributed by atoms with Gasteiger partial charge in [-0.2, -0.15) is 0 Å². The molecule has 0 aliphatic carbocycles. The average Bonchev–Trinajstić information content (AvgIpc) is 2.39. The quantitative estimate of drug-likeness (QED) is 0.594. The summed E-state index contributed by atoms with van der Waals surface area (Å²) >= 11 is 0. The van der Waals surface area contributed by atoms with Gasteiger partial charge in [-0.25, -0.2) is 0 Å². The minimum absolute atomic E-state index is 0.493. The number of benzene rings is 1. The second-order valence-electron chi connectivity index (χ2n) is 4.93. The van der Waals surface area contributed by atoms with Crippen LogP contribution in [0.1, 0.15) is 45.2 Å². The van der Waals surface area contributed by atoms with Gasteiger partial charge < -0.3 is 9.47 Å². The highest BCUT2D eigenvalue weighted by Crippen LogP contribution is 2.15. The fourth-order valence-electron chi connectivity index (χ4n) is 1.91. The third-order valence-corrected chi connectivity index (χ3v) is 2.83. The third kappa shape index (κ3) is 6.25. The molecule has 4 heteroatoms. The van der Waals surface area contributed by atoms with Gasteiger partial charge in [-0.3, -0.25) is 9.59 Å². The lowest BCUT2D eigenvalue weighted by atomic mass is 10.1. The van der Waals surface area contributed by atoms with Gasteiger partial charge in [0.2, 0.25) is 0 Å². The van der Waals surface area contributed by atoms with Crippen molar-refractivity contribution in [1.29, 1.82) is 0 Å². The van der Waals surface area contributed by atoms with Crippen LogP contribution in [-0.2, 0) is 25.5 Å². The van der Waals surface area contributed by atoms with Crippen LogP contribution in [0.25, 0.3) is 6.08 Å². The lowest BCUT2D eigenvalue weighted by molar-refractivity contribution is -0.177.